The van der Waals surface area contributed by atoms with Gasteiger partial charge < -0.3 is 5.32 Å². The Bertz CT molecular complexity index is 722. The number of thioether (sulfide) groups is 1. The number of aromatic nitrogens is 2. The molecule has 2 aromatic rings. The van der Waals surface area contributed by atoms with Crippen molar-refractivity contribution in [1.29, 1.82) is 0 Å². The fraction of sp³-hybridized carbons (Fsp3) is 0.182. The summed E-state index contributed by atoms with van der Waals surface area (Å²) in [7, 11) is 0. The molecule has 1 N–H and O–H groups in total. The van der Waals surface area contributed by atoms with Crippen LogP contribution >= 0.6 is 39.2 Å². The summed E-state index contributed by atoms with van der Waals surface area (Å²) < 4.78 is 65.6. The zero-order chi connectivity index (χ0) is 17.2. The van der Waals surface area contributed by atoms with Gasteiger partial charge in [0, 0.05) is 9.37 Å². The van der Waals surface area contributed by atoms with E-state index >= 15 is 0 Å². The third kappa shape index (κ3) is 4.85. The van der Waals surface area contributed by atoms with E-state index in [-0.39, 0.29) is 31.7 Å². The molecule has 0 spiro atoms. The lowest BCUT2D eigenvalue weighted by Crippen LogP contribution is -2.13. The van der Waals surface area contributed by atoms with Gasteiger partial charge in [-0.1, -0.05) is 4.49 Å². The molecule has 2 rings (SSSR count). The number of hydrogen-bond donors (Lipinski definition) is 1. The van der Waals surface area contributed by atoms with Gasteiger partial charge >= 0.3 is 5.51 Å². The Balaban J connectivity index is 2.17. The number of benzene rings is 1. The number of carbonyl (C=O) groups excluding carboxylic acids is 1. The van der Waals surface area contributed by atoms with E-state index in [2.05, 4.69) is 30.8 Å². The van der Waals surface area contributed by atoms with Crippen molar-refractivity contribution < 1.29 is 26.7 Å². The number of amides is 1. The second-order valence-corrected chi connectivity index (χ2v) is 6.68. The molecule has 1 heterocycles. The van der Waals surface area contributed by atoms with Crippen LogP contribution in [0, 0.1) is 0 Å². The van der Waals surface area contributed by atoms with Crippen LogP contribution in [0.3, 0.4) is 0 Å². The summed E-state index contributed by atoms with van der Waals surface area (Å²) in [6.45, 7) is 0. The fourth-order valence-corrected chi connectivity index (χ4v) is 3.25. The van der Waals surface area contributed by atoms with Crippen molar-refractivity contribution in [2.45, 2.75) is 16.8 Å². The largest absolute Gasteiger partial charge is 0.446 e. The van der Waals surface area contributed by atoms with Gasteiger partial charge in [0.05, 0.1) is 5.69 Å². The number of rotatable bonds is 4. The highest BCUT2D eigenvalue weighted by Crippen LogP contribution is 2.39. The first-order valence-electron chi connectivity index (χ1n) is 5.64. The third-order valence-corrected chi connectivity index (χ3v) is 4.47. The highest BCUT2D eigenvalue weighted by molar-refractivity contribution is 9.10. The molecule has 0 saturated carbocycles. The number of nitrogens with zero attached hydrogens (tertiary/aromatic N) is 2. The Morgan fingerprint density at radius 3 is 2.61 bits per heavy atom. The highest BCUT2D eigenvalue weighted by atomic mass is 79.9. The summed E-state index contributed by atoms with van der Waals surface area (Å²) in [5, 5.41) is 5.49. The highest BCUT2D eigenvalue weighted by Gasteiger charge is 2.29. The third-order valence-electron chi connectivity index (χ3n) is 2.35. The van der Waals surface area contributed by atoms with Crippen molar-refractivity contribution in [2.24, 2.45) is 0 Å². The first-order chi connectivity index (χ1) is 10.7. The molecule has 0 aliphatic heterocycles. The van der Waals surface area contributed by atoms with Gasteiger partial charge in [-0.2, -0.15) is 13.2 Å². The molecular weight excluding hydrogens is 429 g/mol. The molecule has 1 aromatic carbocycles. The van der Waals surface area contributed by atoms with Crippen molar-refractivity contribution in [3.05, 3.63) is 33.2 Å². The van der Waals surface area contributed by atoms with Gasteiger partial charge in [0.25, 0.3) is 12.3 Å². The lowest BCUT2D eigenvalue weighted by molar-refractivity contribution is -0.0328. The van der Waals surface area contributed by atoms with Crippen molar-refractivity contribution in [1.82, 2.24) is 9.59 Å². The quantitative estimate of drug-likeness (QED) is 0.538. The number of hydrogen-bond acceptors (Lipinski definition) is 5. The first-order valence-corrected chi connectivity index (χ1v) is 8.02. The Hall–Kier alpha value is -1.27. The van der Waals surface area contributed by atoms with E-state index in [1.54, 1.807) is 0 Å². The molecule has 0 bridgehead atoms. The number of alkyl halides is 5. The lowest BCUT2D eigenvalue weighted by Gasteiger charge is -2.10. The summed E-state index contributed by atoms with van der Waals surface area (Å²) in [5.74, 6) is -0.868. The summed E-state index contributed by atoms with van der Waals surface area (Å²) in [5.41, 5.74) is -5.05. The maximum atomic E-state index is 12.7. The van der Waals surface area contributed by atoms with E-state index in [0.29, 0.717) is 11.5 Å². The first kappa shape index (κ1) is 18.1. The van der Waals surface area contributed by atoms with Crippen LogP contribution in [0.2, 0.25) is 0 Å². The predicted molar refractivity (Wildman–Crippen MR) is 78.9 cm³/mol. The topological polar surface area (TPSA) is 54.9 Å². The van der Waals surface area contributed by atoms with Crippen molar-refractivity contribution in [3.8, 4) is 0 Å². The molecule has 0 aliphatic rings. The minimum atomic E-state index is -4.44. The molecule has 0 unspecified atom stereocenters. The van der Waals surface area contributed by atoms with Gasteiger partial charge in [-0.15, -0.1) is 5.10 Å². The molecular formula is C11H5BrF5N3OS2. The summed E-state index contributed by atoms with van der Waals surface area (Å²) in [6, 6.07) is 3.54. The SMILES string of the molecule is O=C(Nc1ccc(SC(F)(F)F)cc1Br)c1snnc1C(F)F. The summed E-state index contributed by atoms with van der Waals surface area (Å²) in [4.78, 5) is 11.5. The van der Waals surface area contributed by atoms with Crippen LogP contribution in [0.1, 0.15) is 21.8 Å². The zero-order valence-electron chi connectivity index (χ0n) is 10.7. The maximum Gasteiger partial charge on any atom is 0.446 e. The fourth-order valence-electron chi connectivity index (χ4n) is 1.47. The Labute approximate surface area is 142 Å². The van der Waals surface area contributed by atoms with Gasteiger partial charge in [0.2, 0.25) is 0 Å². The number of halogens is 6. The summed E-state index contributed by atoms with van der Waals surface area (Å²) >= 11 is 3.21. The van der Waals surface area contributed by atoms with Crippen LogP contribution in [-0.4, -0.2) is 21.0 Å². The van der Waals surface area contributed by atoms with Crippen LogP contribution in [0.4, 0.5) is 27.6 Å². The van der Waals surface area contributed by atoms with Gasteiger partial charge in [-0.05, 0) is 57.4 Å². The van der Waals surface area contributed by atoms with Crippen molar-refractivity contribution >= 4 is 50.8 Å². The molecule has 0 fully saturated rings. The molecule has 1 aromatic heterocycles. The van der Waals surface area contributed by atoms with Gasteiger partial charge in [0.15, 0.2) is 5.69 Å². The average molecular weight is 434 g/mol. The summed E-state index contributed by atoms with van der Waals surface area (Å²) in [6.07, 6.45) is -2.96. The molecule has 23 heavy (non-hydrogen) atoms. The van der Waals surface area contributed by atoms with Crippen LogP contribution in [-0.2, 0) is 0 Å². The molecule has 4 nitrogen and oxygen atoms in total. The van der Waals surface area contributed by atoms with E-state index in [4.69, 9.17) is 0 Å². The van der Waals surface area contributed by atoms with E-state index in [0.717, 1.165) is 12.1 Å². The number of nitrogens with one attached hydrogen (secondary N) is 1. The average Bonchev–Trinajstić information content (AvgIpc) is 2.89. The van der Waals surface area contributed by atoms with Gasteiger partial charge in [0.1, 0.15) is 4.88 Å². The molecule has 0 aliphatic carbocycles. The number of anilines is 1. The molecule has 0 radical (unpaired) electrons. The van der Waals surface area contributed by atoms with Crippen LogP contribution in [0.15, 0.2) is 27.6 Å². The van der Waals surface area contributed by atoms with Gasteiger partial charge in [-0.3, -0.25) is 4.79 Å². The van der Waals surface area contributed by atoms with Crippen molar-refractivity contribution in [3.63, 3.8) is 0 Å². The van der Waals surface area contributed by atoms with Crippen LogP contribution in [0.5, 0.6) is 0 Å². The molecule has 1 amide bonds. The van der Waals surface area contributed by atoms with E-state index in [1.807, 2.05) is 0 Å². The monoisotopic (exact) mass is 433 g/mol. The van der Waals surface area contributed by atoms with Crippen LogP contribution < -0.4 is 5.32 Å². The zero-order valence-corrected chi connectivity index (χ0v) is 13.9. The van der Waals surface area contributed by atoms with E-state index < -0.39 is 23.5 Å². The standard InChI is InChI=1S/C11H5BrF5N3OS2/c12-5-3-4(22-11(15,16)17)1-2-6(5)18-10(21)8-7(9(13)14)19-20-23-8/h1-3,9H,(H,18,21). The minimum absolute atomic E-state index is 0.0879. The second kappa shape index (κ2) is 7.09. The Morgan fingerprint density at radius 2 is 2.04 bits per heavy atom. The molecule has 124 valence electrons. The van der Waals surface area contributed by atoms with E-state index in [1.165, 1.54) is 6.07 Å². The Kier molecular flexibility index (Phi) is 5.57. The Morgan fingerprint density at radius 1 is 1.35 bits per heavy atom. The van der Waals surface area contributed by atoms with E-state index in [9.17, 15) is 26.7 Å². The van der Waals surface area contributed by atoms with Gasteiger partial charge in [-0.25, -0.2) is 8.78 Å². The maximum absolute atomic E-state index is 12.7. The second-order valence-electron chi connectivity index (χ2n) is 3.93. The van der Waals surface area contributed by atoms with Crippen LogP contribution in [0.25, 0.3) is 0 Å². The molecule has 0 saturated heterocycles. The smallest absolute Gasteiger partial charge is 0.320 e. The molecule has 12 heteroatoms. The normalized spacial score (nSPS) is 11.8. The van der Waals surface area contributed by atoms with Crippen molar-refractivity contribution in [2.75, 3.05) is 5.32 Å². The predicted octanol–water partition coefficient (Wildman–Crippen LogP) is 5.10. The lowest BCUT2D eigenvalue weighted by atomic mass is 10.3. The minimum Gasteiger partial charge on any atom is -0.320 e. The molecule has 0 atom stereocenters. The number of carbonyl (C=O) groups is 1.